The molecule has 0 bridgehead atoms. The van der Waals surface area contributed by atoms with Gasteiger partial charge >= 0.3 is 6.09 Å². The van der Waals surface area contributed by atoms with E-state index in [4.69, 9.17) is 9.47 Å². The van der Waals surface area contributed by atoms with E-state index in [1.165, 1.54) is 16.7 Å². The Morgan fingerprint density at radius 3 is 2.35 bits per heavy atom. The van der Waals surface area contributed by atoms with Gasteiger partial charge in [-0.2, -0.15) is 0 Å². The quantitative estimate of drug-likeness (QED) is 0.245. The Balaban J connectivity index is 1.22. The molecular formula is C29H41N5O9. The molecule has 1 aromatic rings. The number of carbonyl (C=O) groups is 5. The van der Waals surface area contributed by atoms with Crippen LogP contribution in [0.4, 0.5) is 4.79 Å². The van der Waals surface area contributed by atoms with Crippen LogP contribution in [0.2, 0.25) is 0 Å². The lowest BCUT2D eigenvalue weighted by atomic mass is 9.99. The molecule has 3 fully saturated rings. The van der Waals surface area contributed by atoms with Crippen LogP contribution in [0.15, 0.2) is 30.3 Å². The third-order valence-corrected chi connectivity index (χ3v) is 8.08. The molecule has 5 amide bonds. The summed E-state index contributed by atoms with van der Waals surface area (Å²) < 4.78 is 10.5. The molecule has 5 N–H and O–H groups in total. The minimum atomic E-state index is -1.12. The summed E-state index contributed by atoms with van der Waals surface area (Å²) in [7, 11) is 0. The maximum Gasteiger partial charge on any atom is 0.410 e. The van der Waals surface area contributed by atoms with E-state index < -0.39 is 72.4 Å². The van der Waals surface area contributed by atoms with Crippen LogP contribution >= 0.6 is 0 Å². The van der Waals surface area contributed by atoms with Gasteiger partial charge in [-0.3, -0.25) is 24.1 Å². The van der Waals surface area contributed by atoms with Gasteiger partial charge in [0, 0.05) is 19.5 Å². The number of hydrogen-bond acceptors (Lipinski definition) is 9. The molecule has 43 heavy (non-hydrogen) atoms. The molecule has 0 spiro atoms. The first-order valence-corrected chi connectivity index (χ1v) is 14.7. The molecule has 236 valence electrons. The fourth-order valence-electron chi connectivity index (χ4n) is 5.68. The fraction of sp³-hybridized carbons (Fsp3) is 0.621. The number of rotatable bonds is 9. The number of likely N-dealkylation sites (tertiary alicyclic amines) is 2. The number of nitrogens with one attached hydrogen (secondary N) is 3. The highest BCUT2D eigenvalue weighted by atomic mass is 16.6. The average molecular weight is 604 g/mol. The van der Waals surface area contributed by atoms with E-state index in [0.717, 1.165) is 5.56 Å². The van der Waals surface area contributed by atoms with Gasteiger partial charge in [-0.1, -0.05) is 30.3 Å². The molecule has 7 atom stereocenters. The molecule has 0 aromatic heterocycles. The van der Waals surface area contributed by atoms with Gasteiger partial charge in [0.25, 0.3) is 0 Å². The number of ether oxygens (including phenoxy) is 2. The zero-order valence-electron chi connectivity index (χ0n) is 24.4. The average Bonchev–Trinajstić information content (AvgIpc) is 3.68. The van der Waals surface area contributed by atoms with E-state index in [2.05, 4.69) is 16.0 Å². The highest BCUT2D eigenvalue weighted by Gasteiger charge is 2.40. The van der Waals surface area contributed by atoms with Crippen LogP contribution in [0.3, 0.4) is 0 Å². The van der Waals surface area contributed by atoms with Crippen molar-refractivity contribution < 1.29 is 43.7 Å². The van der Waals surface area contributed by atoms with Crippen LogP contribution < -0.4 is 16.0 Å². The van der Waals surface area contributed by atoms with Crippen molar-refractivity contribution in [3.63, 3.8) is 0 Å². The van der Waals surface area contributed by atoms with E-state index in [1.54, 1.807) is 6.92 Å². The second-order valence-electron chi connectivity index (χ2n) is 11.2. The number of nitrogens with zero attached hydrogens (tertiary/aromatic N) is 2. The topological polar surface area (TPSA) is 187 Å². The Hall–Kier alpha value is -3.75. The zero-order valence-corrected chi connectivity index (χ0v) is 24.4. The Bertz CT molecular complexity index is 1170. The first-order valence-electron chi connectivity index (χ1n) is 14.7. The third kappa shape index (κ3) is 8.21. The minimum Gasteiger partial charge on any atom is -0.445 e. The van der Waals surface area contributed by atoms with Crippen LogP contribution in [0.1, 0.15) is 51.5 Å². The van der Waals surface area contributed by atoms with E-state index in [-0.39, 0.29) is 19.6 Å². The summed E-state index contributed by atoms with van der Waals surface area (Å²) >= 11 is 0. The van der Waals surface area contributed by atoms with Crippen molar-refractivity contribution >= 4 is 29.7 Å². The van der Waals surface area contributed by atoms with Gasteiger partial charge in [0.1, 0.15) is 30.8 Å². The van der Waals surface area contributed by atoms with Crippen molar-refractivity contribution in [1.82, 2.24) is 25.8 Å². The summed E-state index contributed by atoms with van der Waals surface area (Å²) in [5.74, 6) is -2.00. The van der Waals surface area contributed by atoms with E-state index in [0.29, 0.717) is 38.8 Å². The molecule has 3 aliphatic heterocycles. The number of carbonyl (C=O) groups excluding carboxylic acids is 5. The van der Waals surface area contributed by atoms with Crippen LogP contribution in [0, 0.1) is 0 Å². The Morgan fingerprint density at radius 2 is 1.65 bits per heavy atom. The molecule has 3 saturated heterocycles. The summed E-state index contributed by atoms with van der Waals surface area (Å²) in [6, 6.07) is 5.93. The highest BCUT2D eigenvalue weighted by molar-refractivity contribution is 5.94. The standard InChI is InChI=1S/C29H41N5O9/c1-17(31-27(39)22-11-7-13-34(22)29(41)42-16-19-8-4-3-5-9-19)26(38)30-15-23(35)33-12-6-10-21(33)28(40)32-20-14-24(36)43-18(2)25(20)37/h3-5,8-9,17-18,20-22,24-25,36-37H,6-7,10-16H2,1-2H3,(H,30,38)(H,31,39)(H,32,40). The van der Waals surface area contributed by atoms with Crippen molar-refractivity contribution in [3.05, 3.63) is 35.9 Å². The molecule has 14 heteroatoms. The lowest BCUT2D eigenvalue weighted by Gasteiger charge is -2.37. The number of hydrogen-bond donors (Lipinski definition) is 5. The van der Waals surface area contributed by atoms with Gasteiger partial charge in [-0.05, 0) is 45.1 Å². The smallest absolute Gasteiger partial charge is 0.410 e. The second-order valence-corrected chi connectivity index (χ2v) is 11.2. The third-order valence-electron chi connectivity index (χ3n) is 8.08. The molecule has 0 radical (unpaired) electrons. The summed E-state index contributed by atoms with van der Waals surface area (Å²) in [5.41, 5.74) is 0.823. The van der Waals surface area contributed by atoms with Gasteiger partial charge in [0.15, 0.2) is 6.29 Å². The summed E-state index contributed by atoms with van der Waals surface area (Å²) in [6.07, 6.45) is -1.33. The largest absolute Gasteiger partial charge is 0.445 e. The molecule has 0 saturated carbocycles. The Morgan fingerprint density at radius 1 is 1.00 bits per heavy atom. The molecule has 14 nitrogen and oxygen atoms in total. The molecule has 3 heterocycles. The van der Waals surface area contributed by atoms with Crippen LogP contribution in [-0.2, 0) is 35.3 Å². The normalized spacial score (nSPS) is 27.7. The number of aliphatic hydroxyl groups excluding tert-OH is 2. The number of benzene rings is 1. The maximum absolute atomic E-state index is 13.0. The number of aliphatic hydroxyl groups is 2. The highest BCUT2D eigenvalue weighted by Crippen LogP contribution is 2.22. The monoisotopic (exact) mass is 603 g/mol. The predicted octanol–water partition coefficient (Wildman–Crippen LogP) is -0.628. The fourth-order valence-corrected chi connectivity index (χ4v) is 5.68. The molecule has 7 unspecified atom stereocenters. The van der Waals surface area contributed by atoms with Crippen molar-refractivity contribution in [2.45, 2.75) is 95.2 Å². The second kappa shape index (κ2) is 14.6. The minimum absolute atomic E-state index is 0.0189. The van der Waals surface area contributed by atoms with E-state index >= 15 is 0 Å². The Kier molecular flexibility index (Phi) is 10.9. The van der Waals surface area contributed by atoms with Crippen molar-refractivity contribution in [3.8, 4) is 0 Å². The van der Waals surface area contributed by atoms with Gasteiger partial charge in [-0.25, -0.2) is 4.79 Å². The maximum atomic E-state index is 13.0. The summed E-state index contributed by atoms with van der Waals surface area (Å²) in [5, 5.41) is 28.0. The van der Waals surface area contributed by atoms with Gasteiger partial charge in [0.2, 0.25) is 23.6 Å². The van der Waals surface area contributed by atoms with E-state index in [1.807, 2.05) is 30.3 Å². The van der Waals surface area contributed by atoms with Gasteiger partial charge in [0.05, 0.1) is 18.7 Å². The molecule has 1 aromatic carbocycles. The van der Waals surface area contributed by atoms with Gasteiger partial charge < -0.3 is 40.5 Å². The lowest BCUT2D eigenvalue weighted by molar-refractivity contribution is -0.203. The van der Waals surface area contributed by atoms with Crippen LogP contribution in [0.5, 0.6) is 0 Å². The zero-order chi connectivity index (χ0) is 31.1. The summed E-state index contributed by atoms with van der Waals surface area (Å²) in [6.45, 7) is 3.46. The first-order chi connectivity index (χ1) is 20.5. The van der Waals surface area contributed by atoms with Gasteiger partial charge in [-0.15, -0.1) is 0 Å². The van der Waals surface area contributed by atoms with Crippen molar-refractivity contribution in [2.24, 2.45) is 0 Å². The Labute approximate surface area is 250 Å². The molecule has 3 aliphatic rings. The number of amides is 5. The van der Waals surface area contributed by atoms with Crippen LogP contribution in [0.25, 0.3) is 0 Å². The molecule has 4 rings (SSSR count). The van der Waals surface area contributed by atoms with Crippen molar-refractivity contribution in [1.29, 1.82) is 0 Å². The summed E-state index contributed by atoms with van der Waals surface area (Å²) in [4.78, 5) is 66.9. The molecular weight excluding hydrogens is 562 g/mol. The van der Waals surface area contributed by atoms with Crippen LogP contribution in [-0.4, -0.2) is 112 Å². The predicted molar refractivity (Wildman–Crippen MR) is 151 cm³/mol. The molecule has 0 aliphatic carbocycles. The van der Waals surface area contributed by atoms with Crippen molar-refractivity contribution in [2.75, 3.05) is 19.6 Å². The first kappa shape index (κ1) is 32.2. The van der Waals surface area contributed by atoms with E-state index in [9.17, 15) is 34.2 Å². The lowest BCUT2D eigenvalue weighted by Crippen LogP contribution is -2.58. The SMILES string of the molecule is CC(NC(=O)C1CCCN1C(=O)OCc1ccccc1)C(=O)NCC(=O)N1CCCC1C(=O)NC1CC(O)OC(C)C1O.